The number of aromatic nitrogens is 3. The number of pyridine rings is 1. The lowest BCUT2D eigenvalue weighted by Gasteiger charge is -2.10. The Morgan fingerprint density at radius 1 is 1.08 bits per heavy atom. The van der Waals surface area contributed by atoms with Gasteiger partial charge in [-0.1, -0.05) is 30.4 Å². The van der Waals surface area contributed by atoms with Crippen LogP contribution in [0.1, 0.15) is 38.6 Å². The van der Waals surface area contributed by atoms with E-state index in [-0.39, 0.29) is 12.5 Å². The number of benzene rings is 2. The molecule has 2 aromatic carbocycles. The predicted octanol–water partition coefficient (Wildman–Crippen LogP) is 4.94. The number of H-pyrrole nitrogens is 1. The summed E-state index contributed by atoms with van der Waals surface area (Å²) in [5.74, 6) is -1.50. The number of halogens is 2. The van der Waals surface area contributed by atoms with E-state index in [4.69, 9.17) is 0 Å². The van der Waals surface area contributed by atoms with Gasteiger partial charge in [-0.05, 0) is 54.5 Å². The van der Waals surface area contributed by atoms with E-state index >= 15 is 0 Å². The summed E-state index contributed by atoms with van der Waals surface area (Å²) < 4.78 is 26.6. The van der Waals surface area contributed by atoms with E-state index in [2.05, 4.69) is 30.9 Å². The largest absolute Gasteiger partial charge is 0.366 e. The van der Waals surface area contributed by atoms with Crippen LogP contribution in [0.3, 0.4) is 0 Å². The molecular weight excluding hydrogens is 502 g/mol. The van der Waals surface area contributed by atoms with Crippen LogP contribution in [0.2, 0.25) is 0 Å². The monoisotopic (exact) mass is 526 g/mol. The van der Waals surface area contributed by atoms with Crippen molar-refractivity contribution in [1.82, 2.24) is 20.3 Å². The van der Waals surface area contributed by atoms with Crippen molar-refractivity contribution in [3.8, 4) is 0 Å². The third-order valence-corrected chi connectivity index (χ3v) is 6.02. The van der Waals surface area contributed by atoms with Gasteiger partial charge in [0.15, 0.2) is 11.6 Å². The van der Waals surface area contributed by atoms with Crippen LogP contribution in [0, 0.1) is 18.6 Å². The van der Waals surface area contributed by atoms with Crippen LogP contribution in [0.4, 0.5) is 20.3 Å². The zero-order chi connectivity index (χ0) is 27.4. The minimum Gasteiger partial charge on any atom is -0.366 e. The Labute approximate surface area is 222 Å². The summed E-state index contributed by atoms with van der Waals surface area (Å²) in [6.45, 7) is 2.32. The van der Waals surface area contributed by atoms with Crippen molar-refractivity contribution in [2.45, 2.75) is 13.5 Å². The number of hydrogen-bond donors (Lipinski definition) is 4. The minimum absolute atomic E-state index is 0.0389. The number of nitrogens with zero attached hydrogens (tertiary/aromatic N) is 2. The highest BCUT2D eigenvalue weighted by Crippen LogP contribution is 2.33. The van der Waals surface area contributed by atoms with Gasteiger partial charge in [-0.3, -0.25) is 9.59 Å². The standard InChI is InChI=1S/C29H24F2N6O2/c1-17-15-34-26(36-17)14-22-20-8-6-18(13-25(20)37-29(22)39)4-2-10-32-27-21(5-3-11-33-27)28(38)35-16-19-7-9-23(30)24(31)12-19/h2-9,11-15H,10,16H2,1H3,(H,32,33)(H,34,36)(H,35,38)(H,37,39)/b4-2+,22-14-. The number of aryl methyl sites for hydroxylation is 1. The lowest BCUT2D eigenvalue weighted by Crippen LogP contribution is -2.24. The third-order valence-electron chi connectivity index (χ3n) is 6.02. The fraction of sp³-hybridized carbons (Fsp3) is 0.103. The smallest absolute Gasteiger partial charge is 0.256 e. The summed E-state index contributed by atoms with van der Waals surface area (Å²) in [7, 11) is 0. The van der Waals surface area contributed by atoms with E-state index in [9.17, 15) is 18.4 Å². The summed E-state index contributed by atoms with van der Waals surface area (Å²) in [5.41, 5.74) is 4.62. The molecule has 0 saturated heterocycles. The number of amides is 2. The molecule has 4 aromatic rings. The van der Waals surface area contributed by atoms with Gasteiger partial charge < -0.3 is 20.9 Å². The Morgan fingerprint density at radius 3 is 2.74 bits per heavy atom. The van der Waals surface area contributed by atoms with Crippen LogP contribution in [0.25, 0.3) is 17.7 Å². The summed E-state index contributed by atoms with van der Waals surface area (Å²) in [6.07, 6.45) is 8.77. The topological polar surface area (TPSA) is 112 Å². The molecule has 0 saturated carbocycles. The number of carbonyl (C=O) groups is 2. The second-order valence-electron chi connectivity index (χ2n) is 8.88. The zero-order valence-electron chi connectivity index (χ0n) is 20.9. The van der Waals surface area contributed by atoms with Gasteiger partial charge in [0.2, 0.25) is 0 Å². The number of imidazole rings is 1. The predicted molar refractivity (Wildman–Crippen MR) is 146 cm³/mol. The third kappa shape index (κ3) is 5.90. The fourth-order valence-electron chi connectivity index (χ4n) is 4.11. The van der Waals surface area contributed by atoms with E-state index in [1.807, 2.05) is 37.3 Å². The van der Waals surface area contributed by atoms with E-state index in [0.29, 0.717) is 40.6 Å². The Morgan fingerprint density at radius 2 is 1.95 bits per heavy atom. The number of anilines is 2. The molecule has 196 valence electrons. The normalized spacial score (nSPS) is 13.5. The first-order chi connectivity index (χ1) is 18.9. The maximum absolute atomic E-state index is 13.4. The maximum Gasteiger partial charge on any atom is 0.256 e. The van der Waals surface area contributed by atoms with Crippen molar-refractivity contribution < 1.29 is 18.4 Å². The van der Waals surface area contributed by atoms with Gasteiger partial charge in [-0.2, -0.15) is 0 Å². The molecule has 10 heteroatoms. The number of rotatable bonds is 8. The highest BCUT2D eigenvalue weighted by atomic mass is 19.2. The van der Waals surface area contributed by atoms with Crippen molar-refractivity contribution in [2.24, 2.45) is 0 Å². The number of aromatic amines is 1. The van der Waals surface area contributed by atoms with Gasteiger partial charge in [0.25, 0.3) is 11.8 Å². The van der Waals surface area contributed by atoms with Crippen molar-refractivity contribution in [3.05, 3.63) is 112 Å². The molecule has 3 heterocycles. The average Bonchev–Trinajstić information content (AvgIpc) is 3.48. The lowest BCUT2D eigenvalue weighted by molar-refractivity contribution is -0.110. The Kier molecular flexibility index (Phi) is 7.26. The van der Waals surface area contributed by atoms with Gasteiger partial charge in [0, 0.05) is 42.4 Å². The number of hydrogen-bond acceptors (Lipinski definition) is 5. The van der Waals surface area contributed by atoms with Gasteiger partial charge in [-0.15, -0.1) is 0 Å². The Bertz CT molecular complexity index is 1630. The average molecular weight is 527 g/mol. The van der Waals surface area contributed by atoms with Crippen LogP contribution in [-0.2, 0) is 11.3 Å². The molecule has 0 atom stereocenters. The fourth-order valence-corrected chi connectivity index (χ4v) is 4.11. The van der Waals surface area contributed by atoms with Crippen molar-refractivity contribution >= 4 is 41.0 Å². The molecule has 0 fully saturated rings. The molecule has 8 nitrogen and oxygen atoms in total. The molecule has 5 rings (SSSR count). The van der Waals surface area contributed by atoms with Crippen LogP contribution in [0.15, 0.2) is 67.0 Å². The quantitative estimate of drug-likeness (QED) is 0.243. The first-order valence-electron chi connectivity index (χ1n) is 12.1. The van der Waals surface area contributed by atoms with E-state index in [1.165, 1.54) is 6.07 Å². The van der Waals surface area contributed by atoms with E-state index in [0.717, 1.165) is 29.0 Å². The van der Waals surface area contributed by atoms with Crippen LogP contribution in [0.5, 0.6) is 0 Å². The molecule has 39 heavy (non-hydrogen) atoms. The van der Waals surface area contributed by atoms with E-state index < -0.39 is 17.5 Å². The first kappa shape index (κ1) is 25.5. The number of fused-ring (bicyclic) bond motifs is 1. The Hall–Kier alpha value is -5.12. The summed E-state index contributed by atoms with van der Waals surface area (Å²) in [5, 5.41) is 8.70. The van der Waals surface area contributed by atoms with Gasteiger partial charge in [0.1, 0.15) is 11.6 Å². The SMILES string of the molecule is Cc1cnc(/C=C2\C(=O)Nc3cc(/C=C/CNc4ncccc4C(=O)NCc4ccc(F)c(F)c4)ccc32)[nH]1. The minimum atomic E-state index is -0.969. The molecule has 1 aliphatic rings. The first-order valence-corrected chi connectivity index (χ1v) is 12.1. The molecule has 0 unspecified atom stereocenters. The van der Waals surface area contributed by atoms with E-state index in [1.54, 1.807) is 30.6 Å². The highest BCUT2D eigenvalue weighted by molar-refractivity contribution is 6.34. The van der Waals surface area contributed by atoms with Crippen molar-refractivity contribution in [3.63, 3.8) is 0 Å². The molecule has 0 bridgehead atoms. The molecule has 0 radical (unpaired) electrons. The van der Waals surface area contributed by atoms with Crippen molar-refractivity contribution in [2.75, 3.05) is 17.2 Å². The van der Waals surface area contributed by atoms with Gasteiger partial charge >= 0.3 is 0 Å². The van der Waals surface area contributed by atoms with Crippen molar-refractivity contribution in [1.29, 1.82) is 0 Å². The molecule has 2 amide bonds. The zero-order valence-corrected chi connectivity index (χ0v) is 20.9. The number of nitrogens with one attached hydrogen (secondary N) is 4. The van der Waals surface area contributed by atoms with Crippen LogP contribution in [-0.4, -0.2) is 33.3 Å². The van der Waals surface area contributed by atoms with Crippen LogP contribution >= 0.6 is 0 Å². The lowest BCUT2D eigenvalue weighted by atomic mass is 10.0. The van der Waals surface area contributed by atoms with Crippen LogP contribution < -0.4 is 16.0 Å². The second-order valence-corrected chi connectivity index (χ2v) is 8.88. The highest BCUT2D eigenvalue weighted by Gasteiger charge is 2.24. The van der Waals surface area contributed by atoms with Gasteiger partial charge in [0.05, 0.1) is 11.1 Å². The summed E-state index contributed by atoms with van der Waals surface area (Å²) in [6, 6.07) is 12.4. The molecule has 2 aromatic heterocycles. The molecule has 0 aliphatic carbocycles. The number of carbonyl (C=O) groups excluding carboxylic acids is 2. The Balaban J connectivity index is 1.21. The second kappa shape index (κ2) is 11.1. The summed E-state index contributed by atoms with van der Waals surface area (Å²) in [4.78, 5) is 36.8. The maximum atomic E-state index is 13.4. The van der Waals surface area contributed by atoms with Gasteiger partial charge in [-0.25, -0.2) is 18.7 Å². The molecule has 1 aliphatic heterocycles. The summed E-state index contributed by atoms with van der Waals surface area (Å²) >= 11 is 0. The molecular formula is C29H24F2N6O2. The molecule has 0 spiro atoms. The molecule has 4 N–H and O–H groups in total.